The van der Waals surface area contributed by atoms with Crippen molar-refractivity contribution in [2.24, 2.45) is 5.92 Å². The van der Waals surface area contributed by atoms with Gasteiger partial charge in [-0.1, -0.05) is 41.4 Å². The van der Waals surface area contributed by atoms with Gasteiger partial charge in [-0.15, -0.1) is 0 Å². The van der Waals surface area contributed by atoms with E-state index in [1.54, 1.807) is 30.3 Å². The maximum absolute atomic E-state index is 12.2. The number of rotatable bonds is 7. The highest BCUT2D eigenvalue weighted by atomic mass is 35.5. The molecule has 2 N–H and O–H groups in total. The maximum Gasteiger partial charge on any atom is 0.225 e. The predicted octanol–water partition coefficient (Wildman–Crippen LogP) is 5.37. The first-order chi connectivity index (χ1) is 13.5. The van der Waals surface area contributed by atoms with Gasteiger partial charge in [0.25, 0.3) is 0 Å². The van der Waals surface area contributed by atoms with Gasteiger partial charge in [-0.2, -0.15) is 0 Å². The molecule has 1 amide bonds. The number of nitrogens with one attached hydrogen (secondary N) is 1. The number of amides is 1. The van der Waals surface area contributed by atoms with Gasteiger partial charge in [0.1, 0.15) is 5.75 Å². The Hall–Kier alpha value is -1.75. The second-order valence-electron chi connectivity index (χ2n) is 7.38. The fourth-order valence-electron chi connectivity index (χ4n) is 3.61. The van der Waals surface area contributed by atoms with Gasteiger partial charge >= 0.3 is 0 Å². The van der Waals surface area contributed by atoms with Crippen molar-refractivity contribution in [2.75, 3.05) is 25.0 Å². The molecular weight excluding hydrogens is 395 g/mol. The number of para-hydroxylation sites is 1. The fraction of sp³-hybridized carbons (Fsp3) is 0.409. The van der Waals surface area contributed by atoms with Gasteiger partial charge in [-0.25, -0.2) is 0 Å². The molecule has 2 aromatic carbocycles. The summed E-state index contributed by atoms with van der Waals surface area (Å²) >= 11 is 12.2. The van der Waals surface area contributed by atoms with E-state index in [2.05, 4.69) is 10.2 Å². The molecule has 0 bridgehead atoms. The number of anilines is 1. The molecule has 0 spiro atoms. The molecule has 150 valence electrons. The highest BCUT2D eigenvalue weighted by Gasteiger charge is 2.20. The predicted molar refractivity (Wildman–Crippen MR) is 115 cm³/mol. The van der Waals surface area contributed by atoms with Crippen molar-refractivity contribution in [2.45, 2.75) is 32.1 Å². The molecule has 0 aromatic heterocycles. The standard InChI is InChI=1S/C22H26Cl2N2O2/c23-19-2-1-3-20(24)22(19)25-21(28)12-15-26-13-10-17(11-14-26)5-4-16-6-8-18(27)9-7-16/h1-3,6-9,17,27H,4-5,10-15H2,(H,25,28). The Morgan fingerprint density at radius 2 is 1.71 bits per heavy atom. The third kappa shape index (κ3) is 6.13. The summed E-state index contributed by atoms with van der Waals surface area (Å²) in [6.07, 6.45) is 4.97. The average Bonchev–Trinajstić information content (AvgIpc) is 2.70. The molecule has 3 rings (SSSR count). The molecule has 0 atom stereocenters. The lowest BCUT2D eigenvalue weighted by atomic mass is 9.90. The minimum absolute atomic E-state index is 0.0653. The SMILES string of the molecule is O=C(CCN1CCC(CCc2ccc(O)cc2)CC1)Nc1c(Cl)cccc1Cl. The number of halogens is 2. The van der Waals surface area contributed by atoms with Crippen molar-refractivity contribution in [3.05, 3.63) is 58.1 Å². The Morgan fingerprint density at radius 1 is 1.07 bits per heavy atom. The molecule has 0 radical (unpaired) electrons. The van der Waals surface area contributed by atoms with E-state index in [0.717, 1.165) is 44.8 Å². The van der Waals surface area contributed by atoms with Gasteiger partial charge in [-0.05, 0) is 74.5 Å². The molecule has 1 aliphatic rings. The van der Waals surface area contributed by atoms with Crippen LogP contribution in [0.1, 0.15) is 31.2 Å². The Kier molecular flexibility index (Phi) is 7.60. The topological polar surface area (TPSA) is 52.6 Å². The van der Waals surface area contributed by atoms with Crippen LogP contribution >= 0.6 is 23.2 Å². The molecule has 0 unspecified atom stereocenters. The van der Waals surface area contributed by atoms with Gasteiger partial charge in [0.05, 0.1) is 15.7 Å². The van der Waals surface area contributed by atoms with E-state index in [1.165, 1.54) is 12.0 Å². The van der Waals surface area contributed by atoms with E-state index in [0.29, 0.717) is 27.9 Å². The van der Waals surface area contributed by atoms with E-state index in [1.807, 2.05) is 12.1 Å². The number of nitrogens with zero attached hydrogens (tertiary/aromatic N) is 1. The van der Waals surface area contributed by atoms with Crippen LogP contribution in [0.15, 0.2) is 42.5 Å². The lowest BCUT2D eigenvalue weighted by molar-refractivity contribution is -0.116. The van der Waals surface area contributed by atoms with Crippen LogP contribution in [0.3, 0.4) is 0 Å². The van der Waals surface area contributed by atoms with Crippen LogP contribution in [0, 0.1) is 5.92 Å². The molecule has 6 heteroatoms. The number of carbonyl (C=O) groups excluding carboxylic acids is 1. The van der Waals surface area contributed by atoms with Crippen molar-refractivity contribution in [1.82, 2.24) is 4.90 Å². The summed E-state index contributed by atoms with van der Waals surface area (Å²) in [4.78, 5) is 14.6. The summed E-state index contributed by atoms with van der Waals surface area (Å²) in [7, 11) is 0. The third-order valence-electron chi connectivity index (χ3n) is 5.37. The zero-order valence-corrected chi connectivity index (χ0v) is 17.3. The smallest absolute Gasteiger partial charge is 0.225 e. The van der Waals surface area contributed by atoms with E-state index in [4.69, 9.17) is 23.2 Å². The Bertz CT molecular complexity index is 767. The minimum atomic E-state index is -0.0653. The number of phenols is 1. The molecule has 1 fully saturated rings. The van der Waals surface area contributed by atoms with Gasteiger partial charge in [0, 0.05) is 13.0 Å². The van der Waals surface area contributed by atoms with E-state index < -0.39 is 0 Å². The number of aryl methyl sites for hydroxylation is 1. The Balaban J connectivity index is 1.36. The minimum Gasteiger partial charge on any atom is -0.508 e. The average molecular weight is 421 g/mol. The summed E-state index contributed by atoms with van der Waals surface area (Å²) in [6.45, 7) is 2.80. The molecular formula is C22H26Cl2N2O2. The summed E-state index contributed by atoms with van der Waals surface area (Å²) in [5.41, 5.74) is 1.76. The van der Waals surface area contributed by atoms with Crippen molar-refractivity contribution in [3.63, 3.8) is 0 Å². The van der Waals surface area contributed by atoms with Gasteiger partial charge in [0.15, 0.2) is 0 Å². The van der Waals surface area contributed by atoms with E-state index >= 15 is 0 Å². The van der Waals surface area contributed by atoms with E-state index in [-0.39, 0.29) is 5.91 Å². The maximum atomic E-state index is 12.2. The quantitative estimate of drug-likeness (QED) is 0.632. The second-order valence-corrected chi connectivity index (χ2v) is 8.20. The number of aromatic hydroxyl groups is 1. The number of phenolic OH excluding ortho intramolecular Hbond substituents is 1. The lowest BCUT2D eigenvalue weighted by Crippen LogP contribution is -2.35. The van der Waals surface area contributed by atoms with Crippen molar-refractivity contribution >= 4 is 34.8 Å². The zero-order chi connectivity index (χ0) is 19.9. The Labute approximate surface area is 176 Å². The third-order valence-corrected chi connectivity index (χ3v) is 6.00. The van der Waals surface area contributed by atoms with Crippen LogP contribution in [-0.2, 0) is 11.2 Å². The number of benzene rings is 2. The van der Waals surface area contributed by atoms with Crippen LogP contribution in [0.25, 0.3) is 0 Å². The summed E-state index contributed by atoms with van der Waals surface area (Å²) in [6, 6.07) is 12.7. The fourth-order valence-corrected chi connectivity index (χ4v) is 4.10. The molecule has 4 nitrogen and oxygen atoms in total. The van der Waals surface area contributed by atoms with Crippen LogP contribution in [0.4, 0.5) is 5.69 Å². The highest BCUT2D eigenvalue weighted by molar-refractivity contribution is 6.39. The summed E-state index contributed by atoms with van der Waals surface area (Å²) < 4.78 is 0. The van der Waals surface area contributed by atoms with E-state index in [9.17, 15) is 9.90 Å². The van der Waals surface area contributed by atoms with Crippen molar-refractivity contribution < 1.29 is 9.90 Å². The molecule has 1 heterocycles. The first-order valence-corrected chi connectivity index (χ1v) is 10.5. The largest absolute Gasteiger partial charge is 0.508 e. The number of carbonyl (C=O) groups is 1. The summed E-state index contributed by atoms with van der Waals surface area (Å²) in [5, 5.41) is 13.1. The number of hydrogen-bond acceptors (Lipinski definition) is 3. The lowest BCUT2D eigenvalue weighted by Gasteiger charge is -2.31. The zero-order valence-electron chi connectivity index (χ0n) is 15.8. The van der Waals surface area contributed by atoms with Gasteiger partial charge in [0.2, 0.25) is 5.91 Å². The van der Waals surface area contributed by atoms with Crippen LogP contribution in [-0.4, -0.2) is 35.5 Å². The highest BCUT2D eigenvalue weighted by Crippen LogP contribution is 2.30. The normalized spacial score (nSPS) is 15.5. The molecule has 1 saturated heterocycles. The van der Waals surface area contributed by atoms with Crippen molar-refractivity contribution in [3.8, 4) is 5.75 Å². The monoisotopic (exact) mass is 420 g/mol. The molecule has 0 aliphatic carbocycles. The number of piperidine rings is 1. The van der Waals surface area contributed by atoms with Crippen LogP contribution < -0.4 is 5.32 Å². The van der Waals surface area contributed by atoms with Crippen LogP contribution in [0.2, 0.25) is 10.0 Å². The molecule has 28 heavy (non-hydrogen) atoms. The molecule has 1 aliphatic heterocycles. The van der Waals surface area contributed by atoms with Gasteiger partial charge < -0.3 is 15.3 Å². The van der Waals surface area contributed by atoms with Gasteiger partial charge in [-0.3, -0.25) is 4.79 Å². The molecule has 0 saturated carbocycles. The first kappa shape index (κ1) is 21.0. The number of hydrogen-bond donors (Lipinski definition) is 2. The second kappa shape index (κ2) is 10.1. The Morgan fingerprint density at radius 3 is 2.36 bits per heavy atom. The van der Waals surface area contributed by atoms with Crippen molar-refractivity contribution in [1.29, 1.82) is 0 Å². The molecule has 2 aromatic rings. The summed E-state index contributed by atoms with van der Waals surface area (Å²) in [5.74, 6) is 0.975. The first-order valence-electron chi connectivity index (χ1n) is 9.75. The number of likely N-dealkylation sites (tertiary alicyclic amines) is 1. The van der Waals surface area contributed by atoms with Crippen LogP contribution in [0.5, 0.6) is 5.75 Å².